The second-order valence-corrected chi connectivity index (χ2v) is 4.46. The topological polar surface area (TPSA) is 42.0 Å². The zero-order valence-corrected chi connectivity index (χ0v) is 11.0. The molecule has 0 atom stereocenters. The van der Waals surface area contributed by atoms with Crippen LogP contribution in [-0.4, -0.2) is 10.9 Å². The molecule has 1 aromatic heterocycles. The lowest BCUT2D eigenvalue weighted by atomic mass is 10.0. The molecule has 18 heavy (non-hydrogen) atoms. The van der Waals surface area contributed by atoms with E-state index in [1.165, 1.54) is 0 Å². The maximum atomic E-state index is 12.2. The lowest BCUT2D eigenvalue weighted by Crippen LogP contribution is -2.16. The Bertz CT molecular complexity index is 576. The van der Waals surface area contributed by atoms with Gasteiger partial charge in [0.1, 0.15) is 0 Å². The second kappa shape index (κ2) is 5.19. The molecule has 1 heterocycles. The van der Waals surface area contributed by atoms with Crippen LogP contribution in [0.15, 0.2) is 36.5 Å². The van der Waals surface area contributed by atoms with Gasteiger partial charge >= 0.3 is 0 Å². The largest absolute Gasteiger partial charge is 0.305 e. The third kappa shape index (κ3) is 2.51. The van der Waals surface area contributed by atoms with E-state index in [9.17, 15) is 4.79 Å². The first-order chi connectivity index (χ1) is 8.59. The van der Waals surface area contributed by atoms with E-state index in [0.717, 1.165) is 11.1 Å². The molecular formula is C14H13ClN2O. The number of carbonyl (C=O) groups is 1. The maximum Gasteiger partial charge on any atom is 0.257 e. The van der Waals surface area contributed by atoms with Crippen molar-refractivity contribution in [2.45, 2.75) is 13.8 Å². The molecule has 1 aromatic carbocycles. The fourth-order valence-electron chi connectivity index (χ4n) is 1.82. The monoisotopic (exact) mass is 260 g/mol. The zero-order chi connectivity index (χ0) is 13.1. The molecule has 92 valence electrons. The van der Waals surface area contributed by atoms with Crippen LogP contribution in [0.5, 0.6) is 0 Å². The number of rotatable bonds is 2. The van der Waals surface area contributed by atoms with Gasteiger partial charge in [-0.1, -0.05) is 29.8 Å². The van der Waals surface area contributed by atoms with Gasteiger partial charge in [-0.3, -0.25) is 4.79 Å². The average molecular weight is 261 g/mol. The van der Waals surface area contributed by atoms with Gasteiger partial charge in [0.15, 0.2) is 5.82 Å². The smallest absolute Gasteiger partial charge is 0.257 e. The van der Waals surface area contributed by atoms with Crippen molar-refractivity contribution in [1.29, 1.82) is 0 Å². The molecule has 2 aromatic rings. The number of halogens is 1. The van der Waals surface area contributed by atoms with E-state index in [-0.39, 0.29) is 5.91 Å². The lowest BCUT2D eigenvalue weighted by molar-refractivity contribution is 0.102. The number of nitrogens with zero attached hydrogens (tertiary/aromatic N) is 1. The van der Waals surface area contributed by atoms with Crippen molar-refractivity contribution in [2.75, 3.05) is 5.32 Å². The number of aryl methyl sites for hydroxylation is 2. The Balaban J connectivity index is 2.31. The number of anilines is 1. The van der Waals surface area contributed by atoms with Crippen molar-refractivity contribution in [3.05, 3.63) is 58.2 Å². The van der Waals surface area contributed by atoms with Crippen LogP contribution in [-0.2, 0) is 0 Å². The average Bonchev–Trinajstić information content (AvgIpc) is 2.32. The van der Waals surface area contributed by atoms with E-state index in [1.54, 1.807) is 18.3 Å². The normalized spacial score (nSPS) is 10.2. The molecule has 2 rings (SSSR count). The number of amides is 1. The number of nitrogens with one attached hydrogen (secondary N) is 1. The van der Waals surface area contributed by atoms with E-state index >= 15 is 0 Å². The zero-order valence-electron chi connectivity index (χ0n) is 10.2. The Hall–Kier alpha value is -1.87. The third-order valence-electron chi connectivity index (χ3n) is 2.70. The molecule has 0 bridgehead atoms. The number of pyridine rings is 1. The Labute approximate surface area is 111 Å². The summed E-state index contributed by atoms with van der Waals surface area (Å²) in [6.07, 6.45) is 1.59. The predicted octanol–water partition coefficient (Wildman–Crippen LogP) is 3.60. The minimum absolute atomic E-state index is 0.189. The summed E-state index contributed by atoms with van der Waals surface area (Å²) in [7, 11) is 0. The van der Waals surface area contributed by atoms with Crippen molar-refractivity contribution < 1.29 is 4.79 Å². The summed E-state index contributed by atoms with van der Waals surface area (Å²) in [6.45, 7) is 3.81. The van der Waals surface area contributed by atoms with Gasteiger partial charge in [0, 0.05) is 11.8 Å². The molecule has 0 radical (unpaired) electrons. The first-order valence-electron chi connectivity index (χ1n) is 5.57. The molecule has 4 heteroatoms. The molecule has 0 spiro atoms. The summed E-state index contributed by atoms with van der Waals surface area (Å²) in [5.74, 6) is 0.193. The third-order valence-corrected chi connectivity index (χ3v) is 3.00. The minimum Gasteiger partial charge on any atom is -0.305 e. The van der Waals surface area contributed by atoms with E-state index in [0.29, 0.717) is 16.4 Å². The van der Waals surface area contributed by atoms with Crippen LogP contribution in [0.2, 0.25) is 5.02 Å². The molecule has 1 amide bonds. The summed E-state index contributed by atoms with van der Waals surface area (Å²) >= 11 is 5.96. The van der Waals surface area contributed by atoms with Crippen LogP contribution in [0, 0.1) is 13.8 Å². The van der Waals surface area contributed by atoms with Gasteiger partial charge in [-0.2, -0.15) is 0 Å². The van der Waals surface area contributed by atoms with Gasteiger partial charge in [0.25, 0.3) is 5.91 Å². The van der Waals surface area contributed by atoms with Crippen molar-refractivity contribution in [3.8, 4) is 0 Å². The molecule has 0 unspecified atom stereocenters. The minimum atomic E-state index is -0.189. The van der Waals surface area contributed by atoms with Gasteiger partial charge in [-0.25, -0.2) is 4.98 Å². The van der Waals surface area contributed by atoms with Gasteiger partial charge in [0.05, 0.1) is 5.02 Å². The van der Waals surface area contributed by atoms with Gasteiger partial charge < -0.3 is 5.32 Å². The molecular weight excluding hydrogens is 248 g/mol. The Kier molecular flexibility index (Phi) is 3.63. The number of hydrogen-bond donors (Lipinski definition) is 1. The molecule has 0 aliphatic heterocycles. The van der Waals surface area contributed by atoms with Crippen LogP contribution in [0.3, 0.4) is 0 Å². The van der Waals surface area contributed by atoms with E-state index in [4.69, 9.17) is 11.6 Å². The Morgan fingerprint density at radius 3 is 2.44 bits per heavy atom. The van der Waals surface area contributed by atoms with Crippen LogP contribution in [0.4, 0.5) is 5.82 Å². The molecule has 3 nitrogen and oxygen atoms in total. The van der Waals surface area contributed by atoms with E-state index in [2.05, 4.69) is 10.3 Å². The Morgan fingerprint density at radius 1 is 1.17 bits per heavy atom. The Morgan fingerprint density at radius 2 is 1.83 bits per heavy atom. The van der Waals surface area contributed by atoms with Crippen LogP contribution in [0.25, 0.3) is 0 Å². The number of benzene rings is 1. The summed E-state index contributed by atoms with van der Waals surface area (Å²) in [5.41, 5.74) is 2.53. The van der Waals surface area contributed by atoms with Crippen molar-refractivity contribution in [3.63, 3.8) is 0 Å². The van der Waals surface area contributed by atoms with E-state index in [1.807, 2.05) is 32.0 Å². The van der Waals surface area contributed by atoms with Gasteiger partial charge in [-0.05, 0) is 37.1 Å². The van der Waals surface area contributed by atoms with Gasteiger partial charge in [-0.15, -0.1) is 0 Å². The predicted molar refractivity (Wildman–Crippen MR) is 73.1 cm³/mol. The SMILES string of the molecule is Cc1cccc(C)c1C(=O)Nc1ncccc1Cl. The number of carbonyl (C=O) groups excluding carboxylic acids is 1. The lowest BCUT2D eigenvalue weighted by Gasteiger charge is -2.10. The number of aromatic nitrogens is 1. The first-order valence-corrected chi connectivity index (χ1v) is 5.95. The maximum absolute atomic E-state index is 12.2. The molecule has 0 fully saturated rings. The fourth-order valence-corrected chi connectivity index (χ4v) is 1.99. The first kappa shape index (κ1) is 12.6. The molecule has 0 aliphatic rings. The summed E-state index contributed by atoms with van der Waals surface area (Å²) in [5, 5.41) is 3.15. The highest BCUT2D eigenvalue weighted by atomic mass is 35.5. The molecule has 0 saturated heterocycles. The standard InChI is InChI=1S/C14H13ClN2O/c1-9-5-3-6-10(2)12(9)14(18)17-13-11(15)7-4-8-16-13/h3-8H,1-2H3,(H,16,17,18). The summed E-state index contributed by atoms with van der Waals surface area (Å²) in [6, 6.07) is 9.14. The molecule has 0 aliphatic carbocycles. The van der Waals surface area contributed by atoms with Gasteiger partial charge in [0.2, 0.25) is 0 Å². The van der Waals surface area contributed by atoms with Crippen LogP contribution < -0.4 is 5.32 Å². The van der Waals surface area contributed by atoms with Crippen LogP contribution >= 0.6 is 11.6 Å². The fraction of sp³-hybridized carbons (Fsp3) is 0.143. The molecule has 0 saturated carbocycles. The van der Waals surface area contributed by atoms with Crippen molar-refractivity contribution in [2.24, 2.45) is 0 Å². The highest BCUT2D eigenvalue weighted by Gasteiger charge is 2.13. The highest BCUT2D eigenvalue weighted by molar-refractivity contribution is 6.33. The van der Waals surface area contributed by atoms with Crippen molar-refractivity contribution in [1.82, 2.24) is 4.98 Å². The summed E-state index contributed by atoms with van der Waals surface area (Å²) in [4.78, 5) is 16.2. The van der Waals surface area contributed by atoms with E-state index < -0.39 is 0 Å². The van der Waals surface area contributed by atoms with Crippen LogP contribution in [0.1, 0.15) is 21.5 Å². The number of hydrogen-bond acceptors (Lipinski definition) is 2. The summed E-state index contributed by atoms with van der Waals surface area (Å²) < 4.78 is 0. The second-order valence-electron chi connectivity index (χ2n) is 4.05. The molecule has 1 N–H and O–H groups in total. The highest BCUT2D eigenvalue weighted by Crippen LogP contribution is 2.20. The quantitative estimate of drug-likeness (QED) is 0.896. The van der Waals surface area contributed by atoms with Crippen molar-refractivity contribution >= 4 is 23.3 Å².